The molecule has 33 heavy (non-hydrogen) atoms. The molecule has 176 valence electrons. The standard InChI is InChI=1S/C22H24ClN3O6S/c1-33(29,30)26(17-6-4-5-16(23)13-17)14-21(27)24-9-11-25(12-10-24)22(28)20-15-31-18-7-2-3-8-19(18)32-20/h2-8,13,20H,9-12,14-15H2,1H3. The van der Waals surface area contributed by atoms with Crippen LogP contribution < -0.4 is 13.8 Å². The number of halogens is 1. The Hall–Kier alpha value is -2.98. The molecule has 2 heterocycles. The number of carbonyl (C=O) groups excluding carboxylic acids is 2. The van der Waals surface area contributed by atoms with Gasteiger partial charge in [-0.15, -0.1) is 0 Å². The molecule has 2 aromatic rings. The normalized spacial score (nSPS) is 18.1. The van der Waals surface area contributed by atoms with Gasteiger partial charge in [-0.05, 0) is 30.3 Å². The van der Waals surface area contributed by atoms with E-state index in [9.17, 15) is 18.0 Å². The first kappa shape index (κ1) is 23.2. The van der Waals surface area contributed by atoms with E-state index in [0.29, 0.717) is 48.4 Å². The van der Waals surface area contributed by atoms with Crippen LogP contribution in [0.2, 0.25) is 5.02 Å². The second-order valence-electron chi connectivity index (χ2n) is 7.82. The molecule has 0 radical (unpaired) electrons. The molecule has 2 aromatic carbocycles. The van der Waals surface area contributed by atoms with E-state index < -0.39 is 16.1 Å². The second-order valence-corrected chi connectivity index (χ2v) is 10.2. The molecule has 1 fully saturated rings. The average Bonchev–Trinajstić information content (AvgIpc) is 2.81. The van der Waals surface area contributed by atoms with Crippen LogP contribution in [0.1, 0.15) is 0 Å². The maximum atomic E-state index is 12.9. The number of benzene rings is 2. The largest absolute Gasteiger partial charge is 0.485 e. The van der Waals surface area contributed by atoms with Gasteiger partial charge in [-0.25, -0.2) is 8.42 Å². The summed E-state index contributed by atoms with van der Waals surface area (Å²) in [5.41, 5.74) is 0.321. The van der Waals surface area contributed by atoms with Gasteiger partial charge in [0.2, 0.25) is 22.0 Å². The molecule has 0 spiro atoms. The number of sulfonamides is 1. The van der Waals surface area contributed by atoms with Crippen LogP contribution in [-0.4, -0.2) is 81.7 Å². The number of nitrogens with zero attached hydrogens (tertiary/aromatic N) is 3. The van der Waals surface area contributed by atoms with E-state index in [1.807, 2.05) is 12.1 Å². The van der Waals surface area contributed by atoms with Gasteiger partial charge >= 0.3 is 0 Å². The molecule has 0 aliphatic carbocycles. The van der Waals surface area contributed by atoms with E-state index in [0.717, 1.165) is 10.6 Å². The number of anilines is 1. The SMILES string of the molecule is CS(=O)(=O)N(CC(=O)N1CCN(C(=O)C2COc3ccccc3O2)CC1)c1cccc(Cl)c1. The lowest BCUT2D eigenvalue weighted by Gasteiger charge is -2.37. The van der Waals surface area contributed by atoms with E-state index in [1.165, 1.54) is 6.07 Å². The topological polar surface area (TPSA) is 96.5 Å². The predicted octanol–water partition coefficient (Wildman–Crippen LogP) is 1.62. The molecule has 0 N–H and O–H groups in total. The quantitative estimate of drug-likeness (QED) is 0.628. The highest BCUT2D eigenvalue weighted by Crippen LogP contribution is 2.31. The van der Waals surface area contributed by atoms with Gasteiger partial charge in [-0.3, -0.25) is 13.9 Å². The van der Waals surface area contributed by atoms with Gasteiger partial charge < -0.3 is 19.3 Å². The first-order chi connectivity index (χ1) is 15.7. The van der Waals surface area contributed by atoms with Crippen molar-refractivity contribution in [3.63, 3.8) is 0 Å². The molecule has 2 aliphatic heterocycles. The lowest BCUT2D eigenvalue weighted by atomic mass is 10.2. The third-order valence-electron chi connectivity index (χ3n) is 5.50. The molecule has 1 unspecified atom stereocenters. The summed E-state index contributed by atoms with van der Waals surface area (Å²) in [6.07, 6.45) is 0.299. The highest BCUT2D eigenvalue weighted by atomic mass is 35.5. The van der Waals surface area contributed by atoms with Crippen LogP contribution in [0.3, 0.4) is 0 Å². The van der Waals surface area contributed by atoms with Crippen molar-refractivity contribution in [1.29, 1.82) is 0 Å². The molecule has 0 bridgehead atoms. The van der Waals surface area contributed by atoms with Crippen molar-refractivity contribution in [2.24, 2.45) is 0 Å². The van der Waals surface area contributed by atoms with Gasteiger partial charge in [0.25, 0.3) is 5.91 Å². The Morgan fingerprint density at radius 3 is 2.36 bits per heavy atom. The fourth-order valence-corrected chi connectivity index (χ4v) is 4.80. The summed E-state index contributed by atoms with van der Waals surface area (Å²) in [6.45, 7) is 1.01. The third kappa shape index (κ3) is 5.33. The van der Waals surface area contributed by atoms with Crippen LogP contribution in [-0.2, 0) is 19.6 Å². The van der Waals surface area contributed by atoms with Gasteiger partial charge in [0.15, 0.2) is 11.5 Å². The summed E-state index contributed by atoms with van der Waals surface area (Å²) >= 11 is 5.99. The number of hydrogen-bond donors (Lipinski definition) is 0. The Bertz CT molecular complexity index is 1150. The Morgan fingerprint density at radius 1 is 1.03 bits per heavy atom. The van der Waals surface area contributed by atoms with Gasteiger partial charge in [0.05, 0.1) is 11.9 Å². The third-order valence-corrected chi connectivity index (χ3v) is 6.88. The minimum atomic E-state index is -3.70. The number of ether oxygens (including phenoxy) is 2. The first-order valence-electron chi connectivity index (χ1n) is 10.4. The number of rotatable bonds is 5. The molecular weight excluding hydrogens is 470 g/mol. The highest BCUT2D eigenvalue weighted by Gasteiger charge is 2.34. The molecular formula is C22H24ClN3O6S. The average molecular weight is 494 g/mol. The summed E-state index contributed by atoms with van der Waals surface area (Å²) in [5, 5.41) is 0.372. The minimum absolute atomic E-state index is 0.123. The lowest BCUT2D eigenvalue weighted by Crippen LogP contribution is -2.56. The maximum Gasteiger partial charge on any atom is 0.267 e. The summed E-state index contributed by atoms with van der Waals surface area (Å²) in [4.78, 5) is 28.9. The zero-order valence-electron chi connectivity index (χ0n) is 18.0. The zero-order valence-corrected chi connectivity index (χ0v) is 19.6. The monoisotopic (exact) mass is 493 g/mol. The second kappa shape index (κ2) is 9.48. The van der Waals surface area contributed by atoms with E-state index in [4.69, 9.17) is 21.1 Å². The van der Waals surface area contributed by atoms with Crippen LogP contribution >= 0.6 is 11.6 Å². The van der Waals surface area contributed by atoms with Crippen molar-refractivity contribution in [3.05, 3.63) is 53.6 Å². The van der Waals surface area contributed by atoms with Crippen molar-refractivity contribution in [2.75, 3.05) is 49.9 Å². The Morgan fingerprint density at radius 2 is 1.70 bits per heavy atom. The van der Waals surface area contributed by atoms with Crippen LogP contribution in [0.4, 0.5) is 5.69 Å². The van der Waals surface area contributed by atoms with Crippen LogP contribution in [0.15, 0.2) is 48.5 Å². The molecule has 2 aliphatic rings. The summed E-state index contributed by atoms with van der Waals surface area (Å²) in [7, 11) is -3.70. The summed E-state index contributed by atoms with van der Waals surface area (Å²) < 4.78 is 37.0. The van der Waals surface area contributed by atoms with Gasteiger partial charge in [0.1, 0.15) is 13.2 Å². The number of fused-ring (bicyclic) bond motifs is 1. The Balaban J connectivity index is 1.35. The molecule has 2 amide bonds. The lowest BCUT2D eigenvalue weighted by molar-refractivity contribution is -0.145. The molecule has 1 atom stereocenters. The molecule has 11 heteroatoms. The van der Waals surface area contributed by atoms with Crippen LogP contribution in [0, 0.1) is 0 Å². The van der Waals surface area contributed by atoms with Crippen molar-refractivity contribution < 1.29 is 27.5 Å². The van der Waals surface area contributed by atoms with E-state index in [1.54, 1.807) is 40.1 Å². The van der Waals surface area contributed by atoms with Crippen molar-refractivity contribution >= 4 is 39.1 Å². The highest BCUT2D eigenvalue weighted by molar-refractivity contribution is 7.92. The Kier molecular flexibility index (Phi) is 6.66. The van der Waals surface area contributed by atoms with Gasteiger partial charge in [0, 0.05) is 31.2 Å². The first-order valence-corrected chi connectivity index (χ1v) is 12.6. The molecule has 9 nitrogen and oxygen atoms in total. The minimum Gasteiger partial charge on any atom is -0.485 e. The summed E-state index contributed by atoms with van der Waals surface area (Å²) in [5.74, 6) is 0.580. The maximum absolute atomic E-state index is 12.9. The summed E-state index contributed by atoms with van der Waals surface area (Å²) in [6, 6.07) is 13.5. The van der Waals surface area contributed by atoms with E-state index in [2.05, 4.69) is 0 Å². The molecule has 4 rings (SSSR count). The number of carbonyl (C=O) groups is 2. The molecule has 0 saturated carbocycles. The number of piperazine rings is 1. The number of amides is 2. The van der Waals surface area contributed by atoms with Crippen LogP contribution in [0.25, 0.3) is 0 Å². The Labute approximate surface area is 197 Å². The van der Waals surface area contributed by atoms with Crippen molar-refractivity contribution in [1.82, 2.24) is 9.80 Å². The fourth-order valence-electron chi connectivity index (χ4n) is 3.78. The van der Waals surface area contributed by atoms with Gasteiger partial charge in [-0.1, -0.05) is 29.8 Å². The predicted molar refractivity (Wildman–Crippen MR) is 123 cm³/mol. The molecule has 1 saturated heterocycles. The number of para-hydroxylation sites is 2. The smallest absolute Gasteiger partial charge is 0.267 e. The van der Waals surface area contributed by atoms with Crippen molar-refractivity contribution in [3.8, 4) is 11.5 Å². The fraction of sp³-hybridized carbons (Fsp3) is 0.364. The number of hydrogen-bond acceptors (Lipinski definition) is 6. The van der Waals surface area contributed by atoms with Crippen molar-refractivity contribution in [2.45, 2.75) is 6.10 Å². The van der Waals surface area contributed by atoms with Gasteiger partial charge in [-0.2, -0.15) is 0 Å². The van der Waals surface area contributed by atoms with Crippen LogP contribution in [0.5, 0.6) is 11.5 Å². The van der Waals surface area contributed by atoms with E-state index >= 15 is 0 Å². The zero-order chi connectivity index (χ0) is 23.6. The van der Waals surface area contributed by atoms with E-state index in [-0.39, 0.29) is 25.0 Å². The molecule has 0 aromatic heterocycles.